The number of carbonyl (C=O) groups is 2. The molecule has 0 aromatic carbocycles. The van der Waals surface area contributed by atoms with Crippen LogP contribution in [0.2, 0.25) is 0 Å². The molecule has 5 nitrogen and oxygen atoms in total. The van der Waals surface area contributed by atoms with Crippen LogP contribution in [-0.4, -0.2) is 40.5 Å². The summed E-state index contributed by atoms with van der Waals surface area (Å²) in [6.45, 7) is 4.92. The van der Waals surface area contributed by atoms with E-state index in [-0.39, 0.29) is 5.91 Å². The first kappa shape index (κ1) is 15.9. The second kappa shape index (κ2) is 7.43. The summed E-state index contributed by atoms with van der Waals surface area (Å²) in [7, 11) is 1.75. The molecular weight excluding hydrogens is 256 g/mol. The van der Waals surface area contributed by atoms with Gasteiger partial charge in [-0.05, 0) is 30.0 Å². The van der Waals surface area contributed by atoms with Crippen LogP contribution >= 0.6 is 0 Å². The fraction of sp³-hybridized carbons (Fsp3) is 0.400. The van der Waals surface area contributed by atoms with Crippen LogP contribution in [0.5, 0.6) is 0 Å². The SMILES string of the molecule is CC(C)CCN(C)C(=O)c1ccc(C=CC(=O)O)cn1. The smallest absolute Gasteiger partial charge is 0.328 e. The summed E-state index contributed by atoms with van der Waals surface area (Å²) in [6, 6.07) is 3.28. The number of carboxylic acids is 1. The van der Waals surface area contributed by atoms with Gasteiger partial charge in [-0.2, -0.15) is 0 Å². The van der Waals surface area contributed by atoms with Crippen molar-refractivity contribution in [1.29, 1.82) is 0 Å². The summed E-state index contributed by atoms with van der Waals surface area (Å²) in [6.07, 6.45) is 4.91. The predicted octanol–water partition coefficient (Wildman–Crippen LogP) is 2.30. The fourth-order valence-electron chi connectivity index (χ4n) is 1.55. The molecular formula is C15H20N2O3. The molecule has 5 heteroatoms. The van der Waals surface area contributed by atoms with E-state index in [1.807, 2.05) is 0 Å². The molecule has 0 saturated heterocycles. The quantitative estimate of drug-likeness (QED) is 0.809. The topological polar surface area (TPSA) is 70.5 Å². The molecule has 0 fully saturated rings. The third-order valence-electron chi connectivity index (χ3n) is 2.81. The summed E-state index contributed by atoms with van der Waals surface area (Å²) in [4.78, 5) is 28.2. The van der Waals surface area contributed by atoms with E-state index in [0.29, 0.717) is 23.7 Å². The largest absolute Gasteiger partial charge is 0.478 e. The molecule has 0 atom stereocenters. The van der Waals surface area contributed by atoms with E-state index < -0.39 is 5.97 Å². The highest BCUT2D eigenvalue weighted by Crippen LogP contribution is 2.07. The Labute approximate surface area is 118 Å². The van der Waals surface area contributed by atoms with Crippen LogP contribution in [0.3, 0.4) is 0 Å². The van der Waals surface area contributed by atoms with Gasteiger partial charge in [0.15, 0.2) is 0 Å². The van der Waals surface area contributed by atoms with Crippen molar-refractivity contribution in [3.63, 3.8) is 0 Å². The van der Waals surface area contributed by atoms with Crippen LogP contribution in [0.25, 0.3) is 6.08 Å². The van der Waals surface area contributed by atoms with Crippen LogP contribution in [0.15, 0.2) is 24.4 Å². The first-order chi connectivity index (χ1) is 9.40. The molecule has 1 amide bonds. The molecule has 1 aromatic heterocycles. The lowest BCUT2D eigenvalue weighted by molar-refractivity contribution is -0.131. The number of carboxylic acid groups (broad SMARTS) is 1. The minimum absolute atomic E-state index is 0.126. The van der Waals surface area contributed by atoms with Crippen LogP contribution in [-0.2, 0) is 4.79 Å². The first-order valence-corrected chi connectivity index (χ1v) is 6.52. The molecule has 1 N–H and O–H groups in total. The van der Waals surface area contributed by atoms with Crippen LogP contribution in [0.1, 0.15) is 36.3 Å². The number of carbonyl (C=O) groups excluding carboxylic acids is 1. The Kier molecular flexibility index (Phi) is 5.90. The van der Waals surface area contributed by atoms with Crippen molar-refractivity contribution >= 4 is 18.0 Å². The molecule has 1 aromatic rings. The molecule has 108 valence electrons. The number of aliphatic carboxylic acids is 1. The van der Waals surface area contributed by atoms with Crippen molar-refractivity contribution in [2.45, 2.75) is 20.3 Å². The van der Waals surface area contributed by atoms with E-state index in [2.05, 4.69) is 18.8 Å². The minimum atomic E-state index is -1.02. The summed E-state index contributed by atoms with van der Waals surface area (Å²) in [5, 5.41) is 8.53. The first-order valence-electron chi connectivity index (χ1n) is 6.52. The molecule has 0 bridgehead atoms. The van der Waals surface area contributed by atoms with E-state index in [4.69, 9.17) is 5.11 Å². The monoisotopic (exact) mass is 276 g/mol. The zero-order valence-electron chi connectivity index (χ0n) is 12.0. The van der Waals surface area contributed by atoms with Crippen molar-refractivity contribution in [1.82, 2.24) is 9.88 Å². The van der Waals surface area contributed by atoms with E-state index in [9.17, 15) is 9.59 Å². The Hall–Kier alpha value is -2.17. The molecule has 1 heterocycles. The Morgan fingerprint density at radius 2 is 2.10 bits per heavy atom. The number of pyridine rings is 1. The van der Waals surface area contributed by atoms with Crippen LogP contribution in [0, 0.1) is 5.92 Å². The Balaban J connectivity index is 2.68. The standard InChI is InChI=1S/C15H20N2O3/c1-11(2)8-9-17(3)15(20)13-6-4-12(10-16-13)5-7-14(18)19/h4-7,10-11H,8-9H2,1-3H3,(H,18,19). The van der Waals surface area contributed by atoms with E-state index in [1.165, 1.54) is 12.3 Å². The maximum atomic E-state index is 12.1. The summed E-state index contributed by atoms with van der Waals surface area (Å²) < 4.78 is 0. The van der Waals surface area contributed by atoms with Gasteiger partial charge in [-0.25, -0.2) is 4.79 Å². The Morgan fingerprint density at radius 3 is 2.60 bits per heavy atom. The van der Waals surface area contributed by atoms with Gasteiger partial charge in [0.2, 0.25) is 0 Å². The summed E-state index contributed by atoms with van der Waals surface area (Å²) >= 11 is 0. The molecule has 20 heavy (non-hydrogen) atoms. The highest BCUT2D eigenvalue weighted by molar-refractivity contribution is 5.92. The van der Waals surface area contributed by atoms with E-state index in [1.54, 1.807) is 24.1 Å². The Morgan fingerprint density at radius 1 is 1.40 bits per heavy atom. The van der Waals surface area contributed by atoms with Gasteiger partial charge in [0.05, 0.1) is 0 Å². The fourth-order valence-corrected chi connectivity index (χ4v) is 1.55. The molecule has 1 rings (SSSR count). The van der Waals surface area contributed by atoms with Crippen molar-refractivity contribution in [3.05, 3.63) is 35.7 Å². The maximum absolute atomic E-state index is 12.1. The van der Waals surface area contributed by atoms with Gasteiger partial charge < -0.3 is 10.0 Å². The second-order valence-corrected chi connectivity index (χ2v) is 5.06. The zero-order chi connectivity index (χ0) is 15.1. The molecule has 0 aliphatic carbocycles. The van der Waals surface area contributed by atoms with E-state index in [0.717, 1.165) is 12.5 Å². The number of rotatable bonds is 6. The van der Waals surface area contributed by atoms with Gasteiger partial charge in [-0.15, -0.1) is 0 Å². The van der Waals surface area contributed by atoms with Gasteiger partial charge in [-0.3, -0.25) is 9.78 Å². The number of nitrogens with zero attached hydrogens (tertiary/aromatic N) is 2. The molecule has 0 aliphatic heterocycles. The van der Waals surface area contributed by atoms with Gasteiger partial charge in [-0.1, -0.05) is 19.9 Å². The van der Waals surface area contributed by atoms with Crippen molar-refractivity contribution in [2.75, 3.05) is 13.6 Å². The lowest BCUT2D eigenvalue weighted by Crippen LogP contribution is -2.29. The number of amides is 1. The van der Waals surface area contributed by atoms with Crippen LogP contribution in [0.4, 0.5) is 0 Å². The molecule has 0 unspecified atom stereocenters. The van der Waals surface area contributed by atoms with Gasteiger partial charge >= 0.3 is 5.97 Å². The normalized spacial score (nSPS) is 11.0. The summed E-state index contributed by atoms with van der Waals surface area (Å²) in [5.74, 6) is -0.597. The second-order valence-electron chi connectivity index (χ2n) is 5.06. The van der Waals surface area contributed by atoms with Gasteiger partial charge in [0, 0.05) is 25.9 Å². The van der Waals surface area contributed by atoms with Gasteiger partial charge in [0.1, 0.15) is 5.69 Å². The predicted molar refractivity (Wildman–Crippen MR) is 77.3 cm³/mol. The lowest BCUT2D eigenvalue weighted by Gasteiger charge is -2.17. The molecule has 0 spiro atoms. The third kappa shape index (κ3) is 5.22. The van der Waals surface area contributed by atoms with Crippen molar-refractivity contribution in [3.8, 4) is 0 Å². The molecule has 0 radical (unpaired) electrons. The van der Waals surface area contributed by atoms with E-state index >= 15 is 0 Å². The Bertz CT molecular complexity index is 492. The average molecular weight is 276 g/mol. The van der Waals surface area contributed by atoms with Crippen LogP contribution < -0.4 is 0 Å². The number of hydrogen-bond acceptors (Lipinski definition) is 3. The minimum Gasteiger partial charge on any atom is -0.478 e. The number of hydrogen-bond donors (Lipinski definition) is 1. The zero-order valence-corrected chi connectivity index (χ0v) is 12.0. The maximum Gasteiger partial charge on any atom is 0.328 e. The average Bonchev–Trinajstić information content (AvgIpc) is 2.42. The van der Waals surface area contributed by atoms with Crippen molar-refractivity contribution in [2.24, 2.45) is 5.92 Å². The summed E-state index contributed by atoms with van der Waals surface area (Å²) in [5.41, 5.74) is 1.01. The highest BCUT2D eigenvalue weighted by atomic mass is 16.4. The third-order valence-corrected chi connectivity index (χ3v) is 2.81. The highest BCUT2D eigenvalue weighted by Gasteiger charge is 2.12. The van der Waals surface area contributed by atoms with Gasteiger partial charge in [0.25, 0.3) is 5.91 Å². The lowest BCUT2D eigenvalue weighted by atomic mass is 10.1. The molecule has 0 aliphatic rings. The van der Waals surface area contributed by atoms with Crippen molar-refractivity contribution < 1.29 is 14.7 Å². The number of aromatic nitrogens is 1. The molecule has 0 saturated carbocycles.